The Morgan fingerprint density at radius 2 is 1.95 bits per heavy atom. The molecule has 1 heteroatoms. The molecule has 0 radical (unpaired) electrons. The Kier molecular flexibility index (Phi) is 8.16. The van der Waals surface area contributed by atoms with Crippen molar-refractivity contribution in [3.63, 3.8) is 0 Å². The fraction of sp³-hybridized carbons (Fsp3) is 0.524. The summed E-state index contributed by atoms with van der Waals surface area (Å²) in [4.78, 5) is 0. The first-order chi connectivity index (χ1) is 10.7. The maximum atomic E-state index is 14.2. The molecule has 0 aliphatic heterocycles. The van der Waals surface area contributed by atoms with E-state index in [-0.39, 0.29) is 5.82 Å². The average Bonchev–Trinajstić information content (AvgIpc) is 3.37. The fourth-order valence-electron chi connectivity index (χ4n) is 2.57. The van der Waals surface area contributed by atoms with Gasteiger partial charge in [0.25, 0.3) is 0 Å². The van der Waals surface area contributed by atoms with Crippen molar-refractivity contribution in [2.45, 2.75) is 66.7 Å². The van der Waals surface area contributed by atoms with E-state index < -0.39 is 0 Å². The number of allylic oxidation sites excluding steroid dienone is 3. The largest absolute Gasteiger partial charge is 0.207 e. The van der Waals surface area contributed by atoms with Crippen molar-refractivity contribution in [2.24, 2.45) is 5.92 Å². The van der Waals surface area contributed by atoms with Crippen molar-refractivity contribution in [1.82, 2.24) is 0 Å². The van der Waals surface area contributed by atoms with Crippen LogP contribution in [0.25, 0.3) is 11.6 Å². The Morgan fingerprint density at radius 1 is 1.27 bits per heavy atom. The van der Waals surface area contributed by atoms with Crippen molar-refractivity contribution >= 4 is 11.6 Å². The lowest BCUT2D eigenvalue weighted by molar-refractivity contribution is 0.596. The topological polar surface area (TPSA) is 0 Å². The summed E-state index contributed by atoms with van der Waals surface area (Å²) in [6.07, 6.45) is 12.0. The molecule has 1 aliphatic carbocycles. The van der Waals surface area contributed by atoms with Crippen LogP contribution in [-0.2, 0) is 6.42 Å². The summed E-state index contributed by atoms with van der Waals surface area (Å²) in [5.41, 5.74) is 4.38. The molecule has 1 saturated carbocycles. The second-order valence-electron chi connectivity index (χ2n) is 5.75. The highest BCUT2D eigenvalue weighted by Gasteiger charge is 2.22. The predicted octanol–water partition coefficient (Wildman–Crippen LogP) is 7.04. The van der Waals surface area contributed by atoms with Crippen LogP contribution in [0.5, 0.6) is 0 Å². The van der Waals surface area contributed by atoms with Crippen LogP contribution >= 0.6 is 0 Å². The van der Waals surface area contributed by atoms with Crippen molar-refractivity contribution in [2.75, 3.05) is 0 Å². The quantitative estimate of drug-likeness (QED) is 0.528. The highest BCUT2D eigenvalue weighted by molar-refractivity contribution is 5.75. The summed E-state index contributed by atoms with van der Waals surface area (Å²) in [5.74, 6) is 0.790. The van der Waals surface area contributed by atoms with Gasteiger partial charge in [0.2, 0.25) is 0 Å². The number of rotatable bonds is 6. The van der Waals surface area contributed by atoms with E-state index in [9.17, 15) is 4.39 Å². The molecule has 0 spiro atoms. The third-order valence-corrected chi connectivity index (χ3v) is 4.18. The lowest BCUT2D eigenvalue weighted by atomic mass is 9.92. The molecule has 0 N–H and O–H groups in total. The second kappa shape index (κ2) is 9.61. The van der Waals surface area contributed by atoms with E-state index in [0.29, 0.717) is 0 Å². The smallest absolute Gasteiger partial charge is 0.127 e. The lowest BCUT2D eigenvalue weighted by Gasteiger charge is -2.14. The van der Waals surface area contributed by atoms with Crippen molar-refractivity contribution in [3.8, 4) is 0 Å². The van der Waals surface area contributed by atoms with Crippen LogP contribution in [0.15, 0.2) is 24.3 Å². The van der Waals surface area contributed by atoms with E-state index >= 15 is 0 Å². The van der Waals surface area contributed by atoms with Gasteiger partial charge in [-0.25, -0.2) is 4.39 Å². The molecular weight excluding hydrogens is 271 g/mol. The van der Waals surface area contributed by atoms with Gasteiger partial charge in [0.05, 0.1) is 0 Å². The Hall–Kier alpha value is -1.37. The second-order valence-corrected chi connectivity index (χ2v) is 5.75. The van der Waals surface area contributed by atoms with Gasteiger partial charge in [-0.15, -0.1) is 0 Å². The highest BCUT2D eigenvalue weighted by Crippen LogP contribution is 2.35. The van der Waals surface area contributed by atoms with Crippen LogP contribution in [0.3, 0.4) is 0 Å². The molecule has 1 aliphatic rings. The van der Waals surface area contributed by atoms with Crippen LogP contribution < -0.4 is 0 Å². The summed E-state index contributed by atoms with van der Waals surface area (Å²) in [6, 6.07) is 3.55. The average molecular weight is 302 g/mol. The predicted molar refractivity (Wildman–Crippen MR) is 97.4 cm³/mol. The lowest BCUT2D eigenvalue weighted by Crippen LogP contribution is -2.00. The number of benzene rings is 1. The Bertz CT molecular complexity index is 519. The van der Waals surface area contributed by atoms with Crippen LogP contribution in [0.1, 0.15) is 77.0 Å². The summed E-state index contributed by atoms with van der Waals surface area (Å²) in [5, 5.41) is 0. The number of halogens is 1. The summed E-state index contributed by atoms with van der Waals surface area (Å²) in [7, 11) is 0. The number of hydrogen-bond donors (Lipinski definition) is 0. The van der Waals surface area contributed by atoms with Gasteiger partial charge in [-0.3, -0.25) is 0 Å². The van der Waals surface area contributed by atoms with E-state index in [1.807, 2.05) is 26.8 Å². The van der Waals surface area contributed by atoms with Crippen molar-refractivity contribution in [1.29, 1.82) is 0 Å². The van der Waals surface area contributed by atoms with Gasteiger partial charge >= 0.3 is 0 Å². The molecule has 1 aromatic rings. The van der Waals surface area contributed by atoms with Gasteiger partial charge < -0.3 is 0 Å². The van der Waals surface area contributed by atoms with E-state index in [0.717, 1.165) is 36.3 Å². The minimum atomic E-state index is -0.0472. The van der Waals surface area contributed by atoms with E-state index in [4.69, 9.17) is 0 Å². The van der Waals surface area contributed by atoms with Crippen LogP contribution in [0.4, 0.5) is 4.39 Å². The first-order valence-electron chi connectivity index (χ1n) is 8.78. The molecule has 0 aromatic heterocycles. The molecule has 2 rings (SSSR count). The standard InChI is InChI=1S/C19H25F.C2H6/c1-4-6-7-17-16(14(3)5-2)12-13-19(20)18(17)11-10-15-8-9-15;1-2/h5-7,12-13,15H,4,8-11H2,1-3H3;1-2H3/b7-6+,14-5-;. The molecule has 0 atom stereocenters. The van der Waals surface area contributed by atoms with Gasteiger partial charge in [-0.1, -0.05) is 57.9 Å². The van der Waals surface area contributed by atoms with E-state index in [1.165, 1.54) is 24.0 Å². The Balaban J connectivity index is 0.00000116. The van der Waals surface area contributed by atoms with Gasteiger partial charge in [0.1, 0.15) is 5.82 Å². The Morgan fingerprint density at radius 3 is 2.50 bits per heavy atom. The molecular formula is C21H31F. The highest BCUT2D eigenvalue weighted by atomic mass is 19.1. The first kappa shape index (κ1) is 18.7. The molecule has 0 bridgehead atoms. The van der Waals surface area contributed by atoms with Crippen LogP contribution in [0, 0.1) is 11.7 Å². The summed E-state index contributed by atoms with van der Waals surface area (Å²) < 4.78 is 14.2. The maximum Gasteiger partial charge on any atom is 0.127 e. The molecule has 0 amide bonds. The normalized spacial score (nSPS) is 14.9. The molecule has 0 heterocycles. The van der Waals surface area contributed by atoms with Crippen LogP contribution in [-0.4, -0.2) is 0 Å². The first-order valence-corrected chi connectivity index (χ1v) is 8.78. The van der Waals surface area contributed by atoms with Gasteiger partial charge in [-0.05, 0) is 67.4 Å². The molecule has 0 unspecified atom stereocenters. The zero-order valence-corrected chi connectivity index (χ0v) is 14.9. The van der Waals surface area contributed by atoms with Crippen LogP contribution in [0.2, 0.25) is 0 Å². The van der Waals surface area contributed by atoms with Gasteiger partial charge in [0.15, 0.2) is 0 Å². The zero-order chi connectivity index (χ0) is 16.5. The summed E-state index contributed by atoms with van der Waals surface area (Å²) in [6.45, 7) is 10.2. The van der Waals surface area contributed by atoms with E-state index in [1.54, 1.807) is 6.07 Å². The Labute approximate surface area is 136 Å². The molecule has 122 valence electrons. The SMILES string of the molecule is C/C=C(/C)c1ccc(F)c(CCC2CC2)c1/C=C/CC.CC. The van der Waals surface area contributed by atoms with Crippen molar-refractivity contribution < 1.29 is 4.39 Å². The molecule has 0 saturated heterocycles. The number of hydrogen-bond acceptors (Lipinski definition) is 0. The fourth-order valence-corrected chi connectivity index (χ4v) is 2.57. The van der Waals surface area contributed by atoms with E-state index in [2.05, 4.69) is 32.1 Å². The molecule has 22 heavy (non-hydrogen) atoms. The summed E-state index contributed by atoms with van der Waals surface area (Å²) >= 11 is 0. The maximum absolute atomic E-state index is 14.2. The van der Waals surface area contributed by atoms with Gasteiger partial charge in [-0.2, -0.15) is 0 Å². The zero-order valence-electron chi connectivity index (χ0n) is 14.9. The molecule has 1 fully saturated rings. The van der Waals surface area contributed by atoms with Gasteiger partial charge in [0, 0.05) is 0 Å². The minimum absolute atomic E-state index is 0.0472. The van der Waals surface area contributed by atoms with Crippen molar-refractivity contribution in [3.05, 3.63) is 46.8 Å². The third-order valence-electron chi connectivity index (χ3n) is 4.18. The molecule has 0 nitrogen and oxygen atoms in total. The third kappa shape index (κ3) is 5.12. The monoisotopic (exact) mass is 302 g/mol. The minimum Gasteiger partial charge on any atom is -0.207 e. The molecule has 1 aromatic carbocycles.